The summed E-state index contributed by atoms with van der Waals surface area (Å²) in [5, 5.41) is 0.673. The van der Waals surface area contributed by atoms with Gasteiger partial charge >= 0.3 is 0 Å². The summed E-state index contributed by atoms with van der Waals surface area (Å²) in [6, 6.07) is 7.18. The molecule has 0 bridgehead atoms. The van der Waals surface area contributed by atoms with Gasteiger partial charge in [0.05, 0.1) is 6.04 Å². The zero-order chi connectivity index (χ0) is 16.4. The van der Waals surface area contributed by atoms with Crippen LogP contribution in [0.5, 0.6) is 0 Å². The number of carbonyl (C=O) groups excluding carboxylic acids is 1. The number of halogens is 1. The molecular weight excluding hydrogens is 294 g/mol. The van der Waals surface area contributed by atoms with E-state index in [2.05, 4.69) is 18.7 Å². The number of rotatable bonds is 11. The van der Waals surface area contributed by atoms with Gasteiger partial charge in [0.2, 0.25) is 0 Å². The van der Waals surface area contributed by atoms with E-state index in [1.807, 2.05) is 19.1 Å². The number of carbonyl (C=O) groups is 1. The Morgan fingerprint density at radius 2 is 1.50 bits per heavy atom. The minimum atomic E-state index is -0.0603. The van der Waals surface area contributed by atoms with Gasteiger partial charge in [0, 0.05) is 10.6 Å². The van der Waals surface area contributed by atoms with Crippen LogP contribution in [0.4, 0.5) is 0 Å². The van der Waals surface area contributed by atoms with Crippen LogP contribution in [0.15, 0.2) is 24.3 Å². The third-order valence-corrected chi connectivity index (χ3v) is 4.41. The molecule has 0 aliphatic rings. The smallest absolute Gasteiger partial charge is 0.179 e. The van der Waals surface area contributed by atoms with Crippen LogP contribution in [0.2, 0.25) is 5.02 Å². The lowest BCUT2D eigenvalue weighted by atomic mass is 10.0. The first-order chi connectivity index (χ1) is 10.6. The monoisotopic (exact) mass is 323 g/mol. The molecule has 3 heteroatoms. The number of nitrogens with zero attached hydrogens (tertiary/aromatic N) is 1. The average Bonchev–Trinajstić information content (AvgIpc) is 2.53. The fraction of sp³-hybridized carbons (Fsp3) is 0.632. The lowest BCUT2D eigenvalue weighted by Crippen LogP contribution is -2.40. The lowest BCUT2D eigenvalue weighted by molar-refractivity contribution is 0.0832. The quantitative estimate of drug-likeness (QED) is 0.390. The molecule has 124 valence electrons. The Bertz CT molecular complexity index is 420. The predicted octanol–water partition coefficient (Wildman–Crippen LogP) is 5.59. The highest BCUT2D eigenvalue weighted by atomic mass is 35.5. The third kappa shape index (κ3) is 6.50. The van der Waals surface area contributed by atoms with E-state index in [0.717, 1.165) is 18.7 Å². The van der Waals surface area contributed by atoms with Crippen molar-refractivity contribution in [1.82, 2.24) is 4.90 Å². The van der Waals surface area contributed by atoms with E-state index in [9.17, 15) is 4.79 Å². The van der Waals surface area contributed by atoms with Crippen LogP contribution in [-0.4, -0.2) is 29.8 Å². The number of ketones is 1. The molecule has 1 aromatic carbocycles. The molecule has 1 rings (SSSR count). The van der Waals surface area contributed by atoms with Gasteiger partial charge < -0.3 is 0 Å². The maximum absolute atomic E-state index is 12.7. The summed E-state index contributed by atoms with van der Waals surface area (Å²) in [6.07, 6.45) is 7.21. The van der Waals surface area contributed by atoms with E-state index in [4.69, 9.17) is 11.6 Å². The number of hydrogen-bond acceptors (Lipinski definition) is 2. The van der Waals surface area contributed by atoms with E-state index < -0.39 is 0 Å². The first-order valence-electron chi connectivity index (χ1n) is 8.64. The topological polar surface area (TPSA) is 20.3 Å². The Labute approximate surface area is 140 Å². The van der Waals surface area contributed by atoms with Crippen molar-refractivity contribution in [1.29, 1.82) is 0 Å². The van der Waals surface area contributed by atoms with Crippen LogP contribution < -0.4 is 0 Å². The minimum absolute atomic E-state index is 0.0603. The third-order valence-electron chi connectivity index (χ3n) is 4.15. The Kier molecular flexibility index (Phi) is 9.42. The minimum Gasteiger partial charge on any atom is -0.294 e. The van der Waals surface area contributed by atoms with Gasteiger partial charge in [0.15, 0.2) is 5.78 Å². The van der Waals surface area contributed by atoms with Gasteiger partial charge in [0.1, 0.15) is 0 Å². The largest absolute Gasteiger partial charge is 0.294 e. The van der Waals surface area contributed by atoms with Crippen LogP contribution in [0, 0.1) is 0 Å². The molecule has 0 heterocycles. The van der Waals surface area contributed by atoms with Crippen molar-refractivity contribution in [3.8, 4) is 0 Å². The van der Waals surface area contributed by atoms with E-state index in [1.165, 1.54) is 38.5 Å². The van der Waals surface area contributed by atoms with Crippen LogP contribution in [0.3, 0.4) is 0 Å². The molecule has 1 unspecified atom stereocenters. The fourth-order valence-electron chi connectivity index (χ4n) is 2.65. The normalized spacial score (nSPS) is 12.6. The number of Topliss-reactive ketones (excluding diaryl/α,β-unsaturated/α-hetero) is 1. The Morgan fingerprint density at radius 1 is 1.00 bits per heavy atom. The lowest BCUT2D eigenvalue weighted by Gasteiger charge is -2.28. The summed E-state index contributed by atoms with van der Waals surface area (Å²) in [6.45, 7) is 8.48. The SMILES string of the molecule is CCCCCN(CCCCC)C(C)C(=O)c1ccc(Cl)cc1. The Hall–Kier alpha value is -0.860. The second-order valence-electron chi connectivity index (χ2n) is 6.00. The summed E-state index contributed by atoms with van der Waals surface area (Å²) < 4.78 is 0. The Balaban J connectivity index is 2.68. The standard InChI is InChI=1S/C19H30ClNO/c1-4-6-8-14-21(15-9-7-5-2)16(3)19(22)17-10-12-18(20)13-11-17/h10-13,16H,4-9,14-15H2,1-3H3. The molecule has 1 aromatic rings. The molecule has 2 nitrogen and oxygen atoms in total. The van der Waals surface area contributed by atoms with Crippen LogP contribution in [0.25, 0.3) is 0 Å². The van der Waals surface area contributed by atoms with Gasteiger partial charge in [-0.25, -0.2) is 0 Å². The fourth-order valence-corrected chi connectivity index (χ4v) is 2.78. The predicted molar refractivity (Wildman–Crippen MR) is 95.9 cm³/mol. The number of hydrogen-bond donors (Lipinski definition) is 0. The summed E-state index contributed by atoms with van der Waals surface area (Å²) in [7, 11) is 0. The van der Waals surface area contributed by atoms with Gasteiger partial charge in [-0.1, -0.05) is 51.1 Å². The van der Waals surface area contributed by atoms with E-state index in [1.54, 1.807) is 12.1 Å². The first kappa shape index (κ1) is 19.2. The van der Waals surface area contributed by atoms with Gasteiger partial charge in [0.25, 0.3) is 0 Å². The number of unbranched alkanes of at least 4 members (excludes halogenated alkanes) is 4. The molecule has 1 atom stereocenters. The molecule has 0 aromatic heterocycles. The van der Waals surface area contributed by atoms with Crippen LogP contribution in [-0.2, 0) is 0 Å². The maximum atomic E-state index is 12.7. The van der Waals surface area contributed by atoms with Crippen molar-refractivity contribution in [3.63, 3.8) is 0 Å². The van der Waals surface area contributed by atoms with Crippen molar-refractivity contribution >= 4 is 17.4 Å². The summed E-state index contributed by atoms with van der Waals surface area (Å²) in [4.78, 5) is 15.0. The first-order valence-corrected chi connectivity index (χ1v) is 9.01. The Morgan fingerprint density at radius 3 is 1.95 bits per heavy atom. The van der Waals surface area contributed by atoms with Crippen molar-refractivity contribution in [3.05, 3.63) is 34.9 Å². The van der Waals surface area contributed by atoms with E-state index >= 15 is 0 Å². The highest BCUT2D eigenvalue weighted by Crippen LogP contribution is 2.15. The average molecular weight is 324 g/mol. The van der Waals surface area contributed by atoms with Crippen molar-refractivity contribution in [2.45, 2.75) is 65.3 Å². The molecule has 0 saturated carbocycles. The molecule has 0 amide bonds. The molecule has 0 spiro atoms. The van der Waals surface area contributed by atoms with Gasteiger partial charge in [-0.3, -0.25) is 9.69 Å². The van der Waals surface area contributed by atoms with Gasteiger partial charge in [-0.05, 0) is 57.1 Å². The molecule has 0 fully saturated rings. The maximum Gasteiger partial charge on any atom is 0.179 e. The van der Waals surface area contributed by atoms with Crippen molar-refractivity contribution in [2.24, 2.45) is 0 Å². The molecule has 22 heavy (non-hydrogen) atoms. The molecular formula is C19H30ClNO. The van der Waals surface area contributed by atoms with Crippen molar-refractivity contribution < 1.29 is 4.79 Å². The second-order valence-corrected chi connectivity index (χ2v) is 6.43. The highest BCUT2D eigenvalue weighted by Gasteiger charge is 2.21. The summed E-state index contributed by atoms with van der Waals surface area (Å²) >= 11 is 5.91. The molecule has 0 N–H and O–H groups in total. The summed E-state index contributed by atoms with van der Waals surface area (Å²) in [5.74, 6) is 0.199. The summed E-state index contributed by atoms with van der Waals surface area (Å²) in [5.41, 5.74) is 0.757. The molecule has 0 saturated heterocycles. The zero-order valence-corrected chi connectivity index (χ0v) is 15.0. The highest BCUT2D eigenvalue weighted by molar-refractivity contribution is 6.30. The van der Waals surface area contributed by atoms with Gasteiger partial charge in [-0.2, -0.15) is 0 Å². The van der Waals surface area contributed by atoms with E-state index in [0.29, 0.717) is 5.02 Å². The molecule has 0 aliphatic carbocycles. The van der Waals surface area contributed by atoms with Crippen LogP contribution >= 0.6 is 11.6 Å². The van der Waals surface area contributed by atoms with Gasteiger partial charge in [-0.15, -0.1) is 0 Å². The van der Waals surface area contributed by atoms with E-state index in [-0.39, 0.29) is 11.8 Å². The second kappa shape index (κ2) is 10.8. The molecule has 0 radical (unpaired) electrons. The zero-order valence-electron chi connectivity index (χ0n) is 14.3. The molecule has 0 aliphatic heterocycles. The number of benzene rings is 1. The van der Waals surface area contributed by atoms with Crippen molar-refractivity contribution in [2.75, 3.05) is 13.1 Å². The van der Waals surface area contributed by atoms with Crippen LogP contribution in [0.1, 0.15) is 69.7 Å².